The summed E-state index contributed by atoms with van der Waals surface area (Å²) in [6.07, 6.45) is 1.42. The van der Waals surface area contributed by atoms with Gasteiger partial charge in [0.25, 0.3) is 0 Å². The second kappa shape index (κ2) is 7.77. The van der Waals surface area contributed by atoms with E-state index in [2.05, 4.69) is 10.5 Å². The van der Waals surface area contributed by atoms with E-state index in [4.69, 9.17) is 21.3 Å². The van der Waals surface area contributed by atoms with Crippen LogP contribution in [0.2, 0.25) is 5.02 Å². The van der Waals surface area contributed by atoms with Crippen LogP contribution in [-0.4, -0.2) is 35.6 Å². The Kier molecular flexibility index (Phi) is 5.19. The summed E-state index contributed by atoms with van der Waals surface area (Å²) >= 11 is 5.94. The van der Waals surface area contributed by atoms with Crippen molar-refractivity contribution in [1.82, 2.24) is 5.06 Å². The molecule has 28 heavy (non-hydrogen) atoms. The maximum atomic E-state index is 13.2. The Hall–Kier alpha value is -2.64. The van der Waals surface area contributed by atoms with Crippen molar-refractivity contribution in [1.29, 1.82) is 0 Å². The van der Waals surface area contributed by atoms with E-state index in [1.54, 1.807) is 11.1 Å². The number of carbonyl (C=O) groups is 1. The predicted octanol–water partition coefficient (Wildman–Crippen LogP) is 4.60. The Bertz CT molecular complexity index is 896. The second-order valence-electron chi connectivity index (χ2n) is 6.94. The summed E-state index contributed by atoms with van der Waals surface area (Å²) in [6, 6.07) is 13.2. The molecule has 8 heteroatoms. The summed E-state index contributed by atoms with van der Waals surface area (Å²) in [5.74, 6) is -0.424. The first-order valence-electron chi connectivity index (χ1n) is 9.02. The zero-order valence-electron chi connectivity index (χ0n) is 15.0. The molecule has 1 N–H and O–H groups in total. The third-order valence-corrected chi connectivity index (χ3v) is 5.19. The number of oxime groups is 1. The highest BCUT2D eigenvalue weighted by atomic mass is 35.5. The molecule has 146 valence electrons. The number of nitrogens with zero attached hydrogens (tertiary/aromatic N) is 2. The van der Waals surface area contributed by atoms with Gasteiger partial charge in [-0.15, -0.1) is 5.06 Å². The molecule has 2 aliphatic rings. The lowest BCUT2D eigenvalue weighted by Gasteiger charge is -2.35. The fraction of sp³-hybridized carbons (Fsp3) is 0.300. The zero-order valence-corrected chi connectivity index (χ0v) is 15.8. The second-order valence-corrected chi connectivity index (χ2v) is 7.38. The first-order chi connectivity index (χ1) is 13.5. The van der Waals surface area contributed by atoms with Crippen LogP contribution in [0.3, 0.4) is 0 Å². The van der Waals surface area contributed by atoms with E-state index in [0.717, 1.165) is 11.3 Å². The number of anilines is 1. The van der Waals surface area contributed by atoms with E-state index in [-0.39, 0.29) is 5.60 Å². The standard InChI is InChI=1S/C20H19ClFN3O3/c21-15-6-4-14(5-7-15)18-13-20(28-24-18)8-10-25(11-9-20)27-19(26)23-17-3-1-2-16(22)12-17/h1-7,12H,8-11,13H2,(H,23,26). The molecule has 1 amide bonds. The van der Waals surface area contributed by atoms with Gasteiger partial charge in [0.05, 0.1) is 5.71 Å². The SMILES string of the molecule is O=C(Nc1cccc(F)c1)ON1CCC2(CC1)CC(c1ccc(Cl)cc1)=NO2. The molecule has 6 nitrogen and oxygen atoms in total. The summed E-state index contributed by atoms with van der Waals surface area (Å²) in [5, 5.41) is 9.05. The molecule has 4 rings (SSSR count). The fourth-order valence-corrected chi connectivity index (χ4v) is 3.52. The molecule has 0 atom stereocenters. The minimum Gasteiger partial charge on any atom is -0.388 e. The lowest BCUT2D eigenvalue weighted by atomic mass is 9.86. The molecule has 0 saturated carbocycles. The van der Waals surface area contributed by atoms with Crippen molar-refractivity contribution in [3.63, 3.8) is 0 Å². The quantitative estimate of drug-likeness (QED) is 0.813. The lowest BCUT2D eigenvalue weighted by molar-refractivity contribution is -0.154. The van der Waals surface area contributed by atoms with Crippen LogP contribution in [-0.2, 0) is 9.68 Å². The minimum absolute atomic E-state index is 0.346. The molecule has 2 aliphatic heterocycles. The van der Waals surface area contributed by atoms with Crippen LogP contribution in [0, 0.1) is 5.82 Å². The third kappa shape index (κ3) is 4.26. The van der Waals surface area contributed by atoms with Crippen LogP contribution in [0.1, 0.15) is 24.8 Å². The summed E-state index contributed by atoms with van der Waals surface area (Å²) in [4.78, 5) is 23.1. The molecule has 2 heterocycles. The van der Waals surface area contributed by atoms with Crippen molar-refractivity contribution in [3.05, 3.63) is 64.9 Å². The number of halogens is 2. The van der Waals surface area contributed by atoms with Gasteiger partial charge in [0.2, 0.25) is 0 Å². The molecule has 1 saturated heterocycles. The van der Waals surface area contributed by atoms with Gasteiger partial charge < -0.3 is 9.68 Å². The molecule has 2 aromatic rings. The number of nitrogens with one attached hydrogen (secondary N) is 1. The first kappa shape index (κ1) is 18.7. The number of hydrogen-bond acceptors (Lipinski definition) is 5. The van der Waals surface area contributed by atoms with Crippen LogP contribution in [0.5, 0.6) is 0 Å². The van der Waals surface area contributed by atoms with Crippen molar-refractivity contribution in [2.45, 2.75) is 24.9 Å². The van der Waals surface area contributed by atoms with Gasteiger partial charge in [0, 0.05) is 43.1 Å². The van der Waals surface area contributed by atoms with Gasteiger partial charge in [-0.25, -0.2) is 9.18 Å². The smallest absolute Gasteiger partial charge is 0.388 e. The van der Waals surface area contributed by atoms with Gasteiger partial charge in [-0.3, -0.25) is 5.32 Å². The highest BCUT2D eigenvalue weighted by molar-refractivity contribution is 6.30. The normalized spacial score (nSPS) is 18.4. The molecule has 1 fully saturated rings. The minimum atomic E-state index is -0.646. The van der Waals surface area contributed by atoms with Gasteiger partial charge in [0.15, 0.2) is 0 Å². The number of piperidine rings is 1. The van der Waals surface area contributed by atoms with E-state index in [1.165, 1.54) is 18.2 Å². The summed E-state index contributed by atoms with van der Waals surface area (Å²) in [7, 11) is 0. The number of benzene rings is 2. The highest BCUT2D eigenvalue weighted by Crippen LogP contribution is 2.36. The van der Waals surface area contributed by atoms with Crippen LogP contribution in [0.25, 0.3) is 0 Å². The average Bonchev–Trinajstić information content (AvgIpc) is 3.08. The van der Waals surface area contributed by atoms with E-state index in [0.29, 0.717) is 43.1 Å². The molecular weight excluding hydrogens is 385 g/mol. The van der Waals surface area contributed by atoms with E-state index in [9.17, 15) is 9.18 Å². The number of carbonyl (C=O) groups excluding carboxylic acids is 1. The Morgan fingerprint density at radius 2 is 1.96 bits per heavy atom. The van der Waals surface area contributed by atoms with Gasteiger partial charge in [-0.1, -0.05) is 35.0 Å². The molecule has 0 radical (unpaired) electrons. The maximum absolute atomic E-state index is 13.2. The monoisotopic (exact) mass is 403 g/mol. The molecule has 2 aromatic carbocycles. The van der Waals surface area contributed by atoms with Crippen molar-refractivity contribution < 1.29 is 18.9 Å². The van der Waals surface area contributed by atoms with Crippen molar-refractivity contribution in [2.24, 2.45) is 5.16 Å². The summed E-state index contributed by atoms with van der Waals surface area (Å²) in [5.41, 5.74) is 1.87. The van der Waals surface area contributed by atoms with E-state index in [1.807, 2.05) is 24.3 Å². The Morgan fingerprint density at radius 1 is 1.21 bits per heavy atom. The molecule has 0 bridgehead atoms. The van der Waals surface area contributed by atoms with Crippen LogP contribution >= 0.6 is 11.6 Å². The summed E-state index contributed by atoms with van der Waals surface area (Å²) in [6.45, 7) is 1.06. The van der Waals surface area contributed by atoms with Gasteiger partial charge >= 0.3 is 6.09 Å². The largest absolute Gasteiger partial charge is 0.430 e. The van der Waals surface area contributed by atoms with Crippen LogP contribution < -0.4 is 5.32 Å². The Labute approximate surface area is 166 Å². The molecule has 0 aliphatic carbocycles. The lowest BCUT2D eigenvalue weighted by Crippen LogP contribution is -2.45. The molecular formula is C20H19ClFN3O3. The molecule has 0 unspecified atom stereocenters. The maximum Gasteiger partial charge on any atom is 0.430 e. The number of amides is 1. The Balaban J connectivity index is 1.28. The highest BCUT2D eigenvalue weighted by Gasteiger charge is 2.43. The average molecular weight is 404 g/mol. The molecule has 0 aromatic heterocycles. The number of hydrogen-bond donors (Lipinski definition) is 1. The summed E-state index contributed by atoms with van der Waals surface area (Å²) < 4.78 is 13.2. The topological polar surface area (TPSA) is 63.2 Å². The van der Waals surface area contributed by atoms with Gasteiger partial charge in [0.1, 0.15) is 11.4 Å². The molecule has 1 spiro atoms. The fourth-order valence-electron chi connectivity index (χ4n) is 3.40. The Morgan fingerprint density at radius 3 is 2.68 bits per heavy atom. The number of hydroxylamine groups is 2. The zero-order chi connectivity index (χ0) is 19.6. The van der Waals surface area contributed by atoms with Gasteiger partial charge in [-0.2, -0.15) is 0 Å². The van der Waals surface area contributed by atoms with E-state index >= 15 is 0 Å². The van der Waals surface area contributed by atoms with Crippen LogP contribution in [0.4, 0.5) is 14.9 Å². The van der Waals surface area contributed by atoms with Crippen LogP contribution in [0.15, 0.2) is 53.7 Å². The first-order valence-corrected chi connectivity index (χ1v) is 9.40. The van der Waals surface area contributed by atoms with Crippen molar-refractivity contribution in [3.8, 4) is 0 Å². The van der Waals surface area contributed by atoms with Crippen molar-refractivity contribution >= 4 is 29.1 Å². The van der Waals surface area contributed by atoms with Crippen molar-refractivity contribution in [2.75, 3.05) is 18.4 Å². The predicted molar refractivity (Wildman–Crippen MR) is 104 cm³/mol. The van der Waals surface area contributed by atoms with Gasteiger partial charge in [-0.05, 0) is 35.9 Å². The number of rotatable bonds is 3. The van der Waals surface area contributed by atoms with E-state index < -0.39 is 11.9 Å². The third-order valence-electron chi connectivity index (χ3n) is 4.93.